The second-order valence-corrected chi connectivity index (χ2v) is 8.19. The topological polar surface area (TPSA) is 70.2 Å². The average molecular weight is 359 g/mol. The zero-order valence-corrected chi connectivity index (χ0v) is 16.1. The maximum atomic E-state index is 12.3. The van der Waals surface area contributed by atoms with Gasteiger partial charge in [0.2, 0.25) is 5.91 Å². The van der Waals surface area contributed by atoms with Crippen molar-refractivity contribution in [2.45, 2.75) is 46.6 Å². The number of thiophene rings is 1. The van der Waals surface area contributed by atoms with Crippen LogP contribution in [0.15, 0.2) is 30.3 Å². The fourth-order valence-electron chi connectivity index (χ4n) is 2.16. The van der Waals surface area contributed by atoms with Gasteiger partial charge in [0.25, 0.3) is 0 Å². The van der Waals surface area contributed by atoms with Crippen molar-refractivity contribution < 1.29 is 9.59 Å². The molecule has 0 aliphatic heterocycles. The third-order valence-electron chi connectivity index (χ3n) is 3.60. The Bertz CT molecular complexity index is 758. The average Bonchev–Trinajstić information content (AvgIpc) is 2.90. The minimum Gasteiger partial charge on any atom is -0.351 e. The van der Waals surface area contributed by atoms with E-state index in [2.05, 4.69) is 36.7 Å². The molecule has 0 unspecified atom stereocenters. The van der Waals surface area contributed by atoms with Crippen molar-refractivity contribution in [3.8, 4) is 0 Å². The summed E-state index contributed by atoms with van der Waals surface area (Å²) < 4.78 is 0. The summed E-state index contributed by atoms with van der Waals surface area (Å²) in [7, 11) is 0. The summed E-state index contributed by atoms with van der Waals surface area (Å²) in [5.41, 5.74) is 2.57. The highest BCUT2D eigenvalue weighted by Crippen LogP contribution is 2.35. The molecule has 25 heavy (non-hydrogen) atoms. The van der Waals surface area contributed by atoms with Crippen molar-refractivity contribution in [2.75, 3.05) is 10.6 Å². The zero-order chi connectivity index (χ0) is 18.6. The third kappa shape index (κ3) is 5.60. The lowest BCUT2D eigenvalue weighted by molar-refractivity contribution is -0.119. The van der Waals surface area contributed by atoms with Gasteiger partial charge in [-0.3, -0.25) is 4.79 Å². The number of carbonyl (C=O) groups excluding carboxylic acids is 2. The highest BCUT2D eigenvalue weighted by Gasteiger charge is 2.20. The molecule has 1 aromatic carbocycles. The first-order valence-electron chi connectivity index (χ1n) is 8.17. The Hall–Kier alpha value is -2.34. The van der Waals surface area contributed by atoms with Gasteiger partial charge in [-0.25, -0.2) is 4.79 Å². The molecule has 0 saturated heterocycles. The van der Waals surface area contributed by atoms with Crippen LogP contribution in [0.4, 0.5) is 16.2 Å². The van der Waals surface area contributed by atoms with Crippen LogP contribution < -0.4 is 16.0 Å². The van der Waals surface area contributed by atoms with E-state index in [4.69, 9.17) is 0 Å². The number of nitrogens with one attached hydrogen (secondary N) is 3. The van der Waals surface area contributed by atoms with Gasteiger partial charge in [-0.1, -0.05) is 38.5 Å². The van der Waals surface area contributed by atoms with Gasteiger partial charge in [0.05, 0.1) is 12.2 Å². The number of amides is 3. The molecule has 0 atom stereocenters. The number of hydrogen-bond donors (Lipinski definition) is 3. The second-order valence-electron chi connectivity index (χ2n) is 7.05. The summed E-state index contributed by atoms with van der Waals surface area (Å²) in [6.07, 6.45) is 0. The lowest BCUT2D eigenvalue weighted by Crippen LogP contribution is -2.22. The molecular weight excluding hydrogens is 334 g/mol. The van der Waals surface area contributed by atoms with Gasteiger partial charge in [0.15, 0.2) is 0 Å². The first kappa shape index (κ1) is 19.0. The quantitative estimate of drug-likeness (QED) is 0.744. The summed E-state index contributed by atoms with van der Waals surface area (Å²) in [4.78, 5) is 25.6. The molecule has 1 heterocycles. The minimum absolute atomic E-state index is 0.0248. The largest absolute Gasteiger partial charge is 0.351 e. The Kier molecular flexibility index (Phi) is 5.85. The Morgan fingerprint density at radius 1 is 1.08 bits per heavy atom. The number of urea groups is 1. The van der Waals surface area contributed by atoms with E-state index >= 15 is 0 Å². The first-order valence-corrected chi connectivity index (χ1v) is 8.99. The second kappa shape index (κ2) is 7.70. The smallest absolute Gasteiger partial charge is 0.323 e. The van der Waals surface area contributed by atoms with Gasteiger partial charge < -0.3 is 16.0 Å². The van der Waals surface area contributed by atoms with Gasteiger partial charge in [-0.2, -0.15) is 0 Å². The third-order valence-corrected chi connectivity index (χ3v) is 5.16. The van der Waals surface area contributed by atoms with Gasteiger partial charge in [-0.15, -0.1) is 11.3 Å². The molecule has 6 heteroatoms. The van der Waals surface area contributed by atoms with Crippen molar-refractivity contribution in [3.05, 3.63) is 45.6 Å². The van der Waals surface area contributed by atoms with Crippen LogP contribution in [0.5, 0.6) is 0 Å². The molecule has 0 radical (unpaired) electrons. The SMILES string of the molecule is CC(=O)NCc1sc(C(C)(C)C)cc1NC(=O)Nc1ccc(C)cc1. The molecule has 0 aliphatic rings. The highest BCUT2D eigenvalue weighted by molar-refractivity contribution is 7.12. The maximum absolute atomic E-state index is 12.3. The lowest BCUT2D eigenvalue weighted by atomic mass is 9.94. The fourth-order valence-corrected chi connectivity index (χ4v) is 3.27. The first-order chi connectivity index (χ1) is 11.6. The number of rotatable bonds is 4. The van der Waals surface area contributed by atoms with Crippen LogP contribution in [0.25, 0.3) is 0 Å². The van der Waals surface area contributed by atoms with Crippen molar-refractivity contribution in [1.29, 1.82) is 0 Å². The molecule has 5 nitrogen and oxygen atoms in total. The zero-order valence-electron chi connectivity index (χ0n) is 15.3. The van der Waals surface area contributed by atoms with Gasteiger partial charge in [0.1, 0.15) is 0 Å². The van der Waals surface area contributed by atoms with E-state index < -0.39 is 0 Å². The van der Waals surface area contributed by atoms with Crippen molar-refractivity contribution in [1.82, 2.24) is 5.32 Å². The van der Waals surface area contributed by atoms with E-state index in [1.54, 1.807) is 11.3 Å². The minimum atomic E-state index is -0.300. The molecule has 3 N–H and O–H groups in total. The summed E-state index contributed by atoms with van der Waals surface area (Å²) >= 11 is 1.60. The van der Waals surface area contributed by atoms with E-state index in [-0.39, 0.29) is 17.4 Å². The van der Waals surface area contributed by atoms with E-state index in [1.165, 1.54) is 6.92 Å². The van der Waals surface area contributed by atoms with Crippen LogP contribution in [0, 0.1) is 6.92 Å². The number of benzene rings is 1. The molecule has 134 valence electrons. The molecule has 2 aromatic rings. The monoisotopic (exact) mass is 359 g/mol. The molecule has 3 amide bonds. The van der Waals surface area contributed by atoms with Crippen LogP contribution in [0.3, 0.4) is 0 Å². The predicted octanol–water partition coefficient (Wildman–Crippen LogP) is 4.63. The summed E-state index contributed by atoms with van der Waals surface area (Å²) in [5.74, 6) is -0.0965. The highest BCUT2D eigenvalue weighted by atomic mass is 32.1. The van der Waals surface area contributed by atoms with E-state index in [1.807, 2.05) is 37.3 Å². The standard InChI is InChI=1S/C19H25N3O2S/c1-12-6-8-14(9-7-12)21-18(24)22-15-10-17(19(3,4)5)25-16(15)11-20-13(2)23/h6-10H,11H2,1-5H3,(H,20,23)(H2,21,22,24). The molecule has 2 rings (SSSR count). The number of anilines is 2. The maximum Gasteiger partial charge on any atom is 0.323 e. The van der Waals surface area contributed by atoms with Gasteiger partial charge >= 0.3 is 6.03 Å². The van der Waals surface area contributed by atoms with Crippen LogP contribution in [-0.2, 0) is 16.8 Å². The summed E-state index contributed by atoms with van der Waals surface area (Å²) in [6.45, 7) is 10.2. The normalized spacial score (nSPS) is 11.1. The Labute approximate surface area is 152 Å². The van der Waals surface area contributed by atoms with Crippen LogP contribution in [0.2, 0.25) is 0 Å². The van der Waals surface area contributed by atoms with Crippen molar-refractivity contribution in [2.24, 2.45) is 0 Å². The Morgan fingerprint density at radius 3 is 2.28 bits per heavy atom. The summed E-state index contributed by atoms with van der Waals surface area (Å²) in [6, 6.07) is 9.30. The Balaban J connectivity index is 2.15. The molecule has 0 fully saturated rings. The van der Waals surface area contributed by atoms with Crippen molar-refractivity contribution >= 4 is 34.6 Å². The number of carbonyl (C=O) groups is 2. The molecule has 0 aliphatic carbocycles. The molecule has 0 spiro atoms. The van der Waals surface area contributed by atoms with Gasteiger partial charge in [0, 0.05) is 22.4 Å². The lowest BCUT2D eigenvalue weighted by Gasteiger charge is -2.15. The van der Waals surface area contributed by atoms with Crippen LogP contribution in [0.1, 0.15) is 43.0 Å². The Morgan fingerprint density at radius 2 is 1.72 bits per heavy atom. The number of hydrogen-bond acceptors (Lipinski definition) is 3. The summed E-state index contributed by atoms with van der Waals surface area (Å²) in [5, 5.41) is 8.52. The van der Waals surface area contributed by atoms with Crippen LogP contribution >= 0.6 is 11.3 Å². The van der Waals surface area contributed by atoms with Gasteiger partial charge in [-0.05, 0) is 30.5 Å². The van der Waals surface area contributed by atoms with E-state index in [0.29, 0.717) is 6.54 Å². The fraction of sp³-hybridized carbons (Fsp3) is 0.368. The van der Waals surface area contributed by atoms with E-state index in [9.17, 15) is 9.59 Å². The van der Waals surface area contributed by atoms with Crippen molar-refractivity contribution in [3.63, 3.8) is 0 Å². The molecule has 0 saturated carbocycles. The van der Waals surface area contributed by atoms with Crippen LogP contribution in [-0.4, -0.2) is 11.9 Å². The number of aryl methyl sites for hydroxylation is 1. The molecule has 1 aromatic heterocycles. The molecule has 0 bridgehead atoms. The molecular formula is C19H25N3O2S. The predicted molar refractivity (Wildman–Crippen MR) is 104 cm³/mol. The van der Waals surface area contributed by atoms with E-state index in [0.717, 1.165) is 26.7 Å².